The zero-order chi connectivity index (χ0) is 11.7. The number of rotatable bonds is 2. The zero-order valence-corrected chi connectivity index (χ0v) is 12.4. The lowest BCUT2D eigenvalue weighted by Crippen LogP contribution is -2.11. The first-order valence-corrected chi connectivity index (χ1v) is 6.55. The normalized spacial score (nSPS) is 12.0. The second-order valence-electron chi connectivity index (χ2n) is 3.25. The van der Waals surface area contributed by atoms with Crippen molar-refractivity contribution in [1.82, 2.24) is 0 Å². The number of thiophene rings is 1. The van der Waals surface area contributed by atoms with Crippen LogP contribution in [0, 0.1) is 0 Å². The second-order valence-corrected chi connectivity index (χ2v) is 5.42. The van der Waals surface area contributed by atoms with Gasteiger partial charge in [0.05, 0.1) is 16.1 Å². The van der Waals surface area contributed by atoms with Crippen LogP contribution < -0.4 is 5.73 Å². The van der Waals surface area contributed by atoms with Crippen molar-refractivity contribution in [3.8, 4) is 0 Å². The standard InChI is InChI=1S/C11H8Cl3NS.ClH/c12-6-3-4-7(13)10(14)9(6)11(15)8-2-1-5-16-8;/h1-5,11H,15H2;1H/t11-;/m1./s1. The lowest BCUT2D eigenvalue weighted by atomic mass is 10.1. The highest BCUT2D eigenvalue weighted by molar-refractivity contribution is 7.10. The Labute approximate surface area is 125 Å². The fourth-order valence-corrected chi connectivity index (χ4v) is 2.94. The van der Waals surface area contributed by atoms with Crippen LogP contribution in [0.4, 0.5) is 0 Å². The molecule has 0 amide bonds. The van der Waals surface area contributed by atoms with Gasteiger partial charge in [-0.05, 0) is 23.6 Å². The first-order chi connectivity index (χ1) is 7.61. The van der Waals surface area contributed by atoms with E-state index in [0.29, 0.717) is 20.6 Å². The quantitative estimate of drug-likeness (QED) is 0.755. The lowest BCUT2D eigenvalue weighted by Gasteiger charge is -2.14. The predicted molar refractivity (Wildman–Crippen MR) is 79.1 cm³/mol. The Kier molecular flexibility index (Phi) is 5.58. The maximum absolute atomic E-state index is 6.12. The number of hydrogen-bond acceptors (Lipinski definition) is 2. The summed E-state index contributed by atoms with van der Waals surface area (Å²) in [4.78, 5) is 1.01. The largest absolute Gasteiger partial charge is 0.320 e. The molecule has 0 aliphatic rings. The Morgan fingerprint density at radius 1 is 1.06 bits per heavy atom. The summed E-state index contributed by atoms with van der Waals surface area (Å²) < 4.78 is 0. The van der Waals surface area contributed by atoms with Crippen LogP contribution in [-0.2, 0) is 0 Å². The summed E-state index contributed by atoms with van der Waals surface area (Å²) in [5.74, 6) is 0. The molecule has 1 aromatic carbocycles. The minimum absolute atomic E-state index is 0. The summed E-state index contributed by atoms with van der Waals surface area (Å²) >= 11 is 19.7. The molecule has 1 heterocycles. The molecule has 0 aliphatic heterocycles. The van der Waals surface area contributed by atoms with Crippen molar-refractivity contribution in [2.75, 3.05) is 0 Å². The molecule has 0 saturated carbocycles. The van der Waals surface area contributed by atoms with Gasteiger partial charge in [-0.2, -0.15) is 0 Å². The topological polar surface area (TPSA) is 26.0 Å². The van der Waals surface area contributed by atoms with E-state index in [1.165, 1.54) is 0 Å². The molecule has 92 valence electrons. The van der Waals surface area contributed by atoms with Crippen LogP contribution >= 0.6 is 58.5 Å². The Hall–Kier alpha value is 0.0400. The summed E-state index contributed by atoms with van der Waals surface area (Å²) in [5.41, 5.74) is 6.79. The highest BCUT2D eigenvalue weighted by atomic mass is 35.5. The summed E-state index contributed by atoms with van der Waals surface area (Å²) in [6, 6.07) is 6.92. The van der Waals surface area contributed by atoms with E-state index in [-0.39, 0.29) is 18.4 Å². The molecule has 0 unspecified atom stereocenters. The van der Waals surface area contributed by atoms with Crippen LogP contribution in [0.1, 0.15) is 16.5 Å². The van der Waals surface area contributed by atoms with E-state index >= 15 is 0 Å². The Bertz CT molecular complexity index is 498. The highest BCUT2D eigenvalue weighted by Gasteiger charge is 2.18. The molecule has 2 aromatic rings. The number of hydrogen-bond donors (Lipinski definition) is 1. The van der Waals surface area contributed by atoms with Gasteiger partial charge in [-0.15, -0.1) is 23.7 Å². The average Bonchev–Trinajstić information content (AvgIpc) is 2.77. The molecule has 0 spiro atoms. The van der Waals surface area contributed by atoms with Gasteiger partial charge < -0.3 is 5.73 Å². The van der Waals surface area contributed by atoms with Crippen molar-refractivity contribution in [1.29, 1.82) is 0 Å². The van der Waals surface area contributed by atoms with E-state index < -0.39 is 0 Å². The first kappa shape index (κ1) is 15.1. The molecule has 6 heteroatoms. The van der Waals surface area contributed by atoms with Crippen molar-refractivity contribution < 1.29 is 0 Å². The van der Waals surface area contributed by atoms with Crippen molar-refractivity contribution in [2.24, 2.45) is 5.73 Å². The second kappa shape index (κ2) is 6.28. The van der Waals surface area contributed by atoms with Crippen LogP contribution in [0.15, 0.2) is 29.6 Å². The van der Waals surface area contributed by atoms with Crippen LogP contribution in [0.3, 0.4) is 0 Å². The molecule has 1 nitrogen and oxygen atoms in total. The van der Waals surface area contributed by atoms with Crippen LogP contribution in [-0.4, -0.2) is 0 Å². The lowest BCUT2D eigenvalue weighted by molar-refractivity contribution is 0.894. The molecule has 17 heavy (non-hydrogen) atoms. The molecule has 0 aliphatic carbocycles. The van der Waals surface area contributed by atoms with E-state index in [4.69, 9.17) is 40.5 Å². The minimum Gasteiger partial charge on any atom is -0.320 e. The third-order valence-electron chi connectivity index (χ3n) is 2.24. The van der Waals surface area contributed by atoms with E-state index in [2.05, 4.69) is 0 Å². The molecule has 0 bridgehead atoms. The molecule has 0 saturated heterocycles. The van der Waals surface area contributed by atoms with Crippen LogP contribution in [0.5, 0.6) is 0 Å². The molecule has 2 rings (SSSR count). The molecule has 1 aromatic heterocycles. The first-order valence-electron chi connectivity index (χ1n) is 4.53. The van der Waals surface area contributed by atoms with Gasteiger partial charge in [-0.3, -0.25) is 0 Å². The summed E-state index contributed by atoms with van der Waals surface area (Å²) in [6.07, 6.45) is 0. The van der Waals surface area contributed by atoms with E-state index in [0.717, 1.165) is 4.88 Å². The average molecular weight is 329 g/mol. The smallest absolute Gasteiger partial charge is 0.0676 e. The maximum atomic E-state index is 6.12. The third-order valence-corrected chi connectivity index (χ3v) is 4.34. The summed E-state index contributed by atoms with van der Waals surface area (Å²) in [7, 11) is 0. The van der Waals surface area contributed by atoms with Gasteiger partial charge >= 0.3 is 0 Å². The van der Waals surface area contributed by atoms with Crippen molar-refractivity contribution in [3.05, 3.63) is 55.2 Å². The number of halogens is 4. The van der Waals surface area contributed by atoms with Crippen molar-refractivity contribution in [2.45, 2.75) is 6.04 Å². The third kappa shape index (κ3) is 3.08. The molecular weight excluding hydrogens is 320 g/mol. The molecule has 0 fully saturated rings. The van der Waals surface area contributed by atoms with Gasteiger partial charge in [-0.25, -0.2) is 0 Å². The molecule has 0 radical (unpaired) electrons. The molecule has 2 N–H and O–H groups in total. The highest BCUT2D eigenvalue weighted by Crippen LogP contribution is 2.38. The molecule has 1 atom stereocenters. The minimum atomic E-state index is -0.335. The van der Waals surface area contributed by atoms with Crippen molar-refractivity contribution >= 4 is 58.5 Å². The molecular formula is C11H9Cl4NS. The predicted octanol–water partition coefficient (Wildman–Crippen LogP) is 5.18. The number of benzene rings is 1. The van der Waals surface area contributed by atoms with E-state index in [1.807, 2.05) is 17.5 Å². The van der Waals surface area contributed by atoms with Gasteiger partial charge in [0.2, 0.25) is 0 Å². The van der Waals surface area contributed by atoms with Gasteiger partial charge in [0.1, 0.15) is 0 Å². The maximum Gasteiger partial charge on any atom is 0.0676 e. The van der Waals surface area contributed by atoms with Crippen molar-refractivity contribution in [3.63, 3.8) is 0 Å². The monoisotopic (exact) mass is 327 g/mol. The van der Waals surface area contributed by atoms with Gasteiger partial charge in [0, 0.05) is 15.5 Å². The number of nitrogens with two attached hydrogens (primary N) is 1. The van der Waals surface area contributed by atoms with E-state index in [1.54, 1.807) is 23.5 Å². The Morgan fingerprint density at radius 3 is 2.29 bits per heavy atom. The zero-order valence-electron chi connectivity index (χ0n) is 8.49. The SMILES string of the molecule is Cl.N[C@H](c1cccs1)c1c(Cl)ccc(Cl)c1Cl. The van der Waals surface area contributed by atoms with Crippen LogP contribution in [0.25, 0.3) is 0 Å². The van der Waals surface area contributed by atoms with E-state index in [9.17, 15) is 0 Å². The summed E-state index contributed by atoms with van der Waals surface area (Å²) in [5, 5.41) is 3.39. The van der Waals surface area contributed by atoms with Gasteiger partial charge in [-0.1, -0.05) is 40.9 Å². The fraction of sp³-hybridized carbons (Fsp3) is 0.0909. The van der Waals surface area contributed by atoms with Gasteiger partial charge in [0.15, 0.2) is 0 Å². The Morgan fingerprint density at radius 2 is 1.71 bits per heavy atom. The summed E-state index contributed by atoms with van der Waals surface area (Å²) in [6.45, 7) is 0. The van der Waals surface area contributed by atoms with Gasteiger partial charge in [0.25, 0.3) is 0 Å². The Balaban J connectivity index is 0.00000144. The fourth-order valence-electron chi connectivity index (χ4n) is 1.44. The van der Waals surface area contributed by atoms with Crippen LogP contribution in [0.2, 0.25) is 15.1 Å².